The van der Waals surface area contributed by atoms with Gasteiger partial charge in [0.15, 0.2) is 5.65 Å². The second kappa shape index (κ2) is 7.48. The molecular weight excluding hydrogens is 406 g/mol. The Labute approximate surface area is 188 Å². The van der Waals surface area contributed by atoms with Crippen molar-refractivity contribution in [1.82, 2.24) is 30.7 Å². The first-order valence-corrected chi connectivity index (χ1v) is 11.9. The minimum Gasteiger partial charge on any atom is -0.379 e. The van der Waals surface area contributed by atoms with Crippen molar-refractivity contribution >= 4 is 22.8 Å². The zero-order chi connectivity index (χ0) is 22.0. The Kier molecular flexibility index (Phi) is 4.80. The van der Waals surface area contributed by atoms with Crippen molar-refractivity contribution in [3.8, 4) is 0 Å². The standard InChI is InChI=1S/C23H33N7O2/c1-13(30-4-6-32-7-5-30)22(31)29(3)15-9-17-20(24-12-15)26-21(25-17)19-16-8-14-10-23(14,2)11-18(16)27-28-19/h9,12-14,16,18-19,27-28H,4-8,10-11H2,1-3H3,(H,24,25,26)/t13-,14+,16?,18?,19?,23+/m0/s1. The number of H-pyrrole nitrogens is 1. The number of rotatable bonds is 4. The normalized spacial score (nSPS) is 35.3. The number of carbonyl (C=O) groups is 1. The summed E-state index contributed by atoms with van der Waals surface area (Å²) in [6, 6.07) is 2.47. The van der Waals surface area contributed by atoms with Crippen LogP contribution in [0.3, 0.4) is 0 Å². The van der Waals surface area contributed by atoms with E-state index in [-0.39, 0.29) is 18.0 Å². The second-order valence-corrected chi connectivity index (χ2v) is 10.4. The summed E-state index contributed by atoms with van der Waals surface area (Å²) in [5, 5.41) is 0. The van der Waals surface area contributed by atoms with Crippen molar-refractivity contribution in [2.75, 3.05) is 38.3 Å². The third-order valence-electron chi connectivity index (χ3n) is 8.45. The third-order valence-corrected chi connectivity index (χ3v) is 8.45. The van der Waals surface area contributed by atoms with Crippen LogP contribution in [0.25, 0.3) is 11.2 Å². The quantitative estimate of drug-likeness (QED) is 0.666. The fraction of sp³-hybridized carbons (Fsp3) is 0.696. The van der Waals surface area contributed by atoms with Crippen LogP contribution >= 0.6 is 0 Å². The van der Waals surface area contributed by atoms with Crippen LogP contribution in [0.15, 0.2) is 12.3 Å². The van der Waals surface area contributed by atoms with E-state index >= 15 is 0 Å². The van der Waals surface area contributed by atoms with Crippen LogP contribution in [-0.4, -0.2) is 71.2 Å². The molecular formula is C23H33N7O2. The van der Waals surface area contributed by atoms with Crippen LogP contribution in [0, 0.1) is 17.3 Å². The molecule has 6 rings (SSSR count). The highest BCUT2D eigenvalue weighted by atomic mass is 16.5. The number of amides is 1. The molecule has 9 nitrogen and oxygen atoms in total. The number of likely N-dealkylation sites (N-methyl/N-ethyl adjacent to an activating group) is 1. The highest BCUT2D eigenvalue weighted by molar-refractivity contribution is 5.97. The van der Waals surface area contributed by atoms with Crippen LogP contribution in [0.1, 0.15) is 45.0 Å². The smallest absolute Gasteiger partial charge is 0.243 e. The number of nitrogens with zero attached hydrogens (tertiary/aromatic N) is 4. The molecule has 2 aromatic rings. The van der Waals surface area contributed by atoms with Crippen LogP contribution in [0.5, 0.6) is 0 Å². The van der Waals surface area contributed by atoms with Gasteiger partial charge in [-0.15, -0.1) is 0 Å². The summed E-state index contributed by atoms with van der Waals surface area (Å²) in [5.41, 5.74) is 9.90. The van der Waals surface area contributed by atoms with E-state index in [0.29, 0.717) is 36.2 Å². The average molecular weight is 440 g/mol. The number of hydrazine groups is 1. The summed E-state index contributed by atoms with van der Waals surface area (Å²) in [7, 11) is 1.82. The number of aromatic nitrogens is 3. The minimum absolute atomic E-state index is 0.0620. The molecule has 9 heteroatoms. The summed E-state index contributed by atoms with van der Waals surface area (Å²) < 4.78 is 5.42. The number of pyridine rings is 1. The summed E-state index contributed by atoms with van der Waals surface area (Å²) in [6.45, 7) is 7.32. The highest BCUT2D eigenvalue weighted by Gasteiger charge is 2.59. The number of morpholine rings is 1. The predicted molar refractivity (Wildman–Crippen MR) is 121 cm³/mol. The number of hydrogen-bond donors (Lipinski definition) is 3. The van der Waals surface area contributed by atoms with Gasteiger partial charge in [-0.05, 0) is 49.5 Å². The fourth-order valence-corrected chi connectivity index (χ4v) is 6.14. The van der Waals surface area contributed by atoms with Crippen molar-refractivity contribution in [2.24, 2.45) is 17.3 Å². The van der Waals surface area contributed by atoms with Gasteiger partial charge >= 0.3 is 0 Å². The zero-order valence-electron chi connectivity index (χ0n) is 19.1. The van der Waals surface area contributed by atoms with Crippen molar-refractivity contribution in [3.05, 3.63) is 18.1 Å². The lowest BCUT2D eigenvalue weighted by molar-refractivity contribution is -0.124. The van der Waals surface area contributed by atoms with Gasteiger partial charge in [-0.1, -0.05) is 6.92 Å². The number of anilines is 1. The Morgan fingerprint density at radius 1 is 1.31 bits per heavy atom. The first-order valence-electron chi connectivity index (χ1n) is 11.9. The lowest BCUT2D eigenvalue weighted by atomic mass is 9.77. The Balaban J connectivity index is 1.20. The van der Waals surface area contributed by atoms with Crippen molar-refractivity contribution in [1.29, 1.82) is 0 Å². The van der Waals surface area contributed by atoms with E-state index in [0.717, 1.165) is 36.0 Å². The average Bonchev–Trinajstić information content (AvgIpc) is 3.11. The number of ether oxygens (including phenoxy) is 1. The number of fused-ring (bicyclic) bond motifs is 3. The molecule has 4 fully saturated rings. The van der Waals surface area contributed by atoms with E-state index in [2.05, 4.69) is 32.6 Å². The van der Waals surface area contributed by atoms with Gasteiger partial charge in [-0.25, -0.2) is 15.4 Å². The van der Waals surface area contributed by atoms with Crippen LogP contribution in [-0.2, 0) is 9.53 Å². The largest absolute Gasteiger partial charge is 0.379 e. The SMILES string of the molecule is C[C@@H](C(=O)N(C)c1cnc2nc(C3NNC4C[C@@]5(C)C[C@H]5CC43)[nH]c2c1)N1CCOCC1. The van der Waals surface area contributed by atoms with E-state index in [1.54, 1.807) is 11.1 Å². The predicted octanol–water partition coefficient (Wildman–Crippen LogP) is 1.60. The molecule has 0 spiro atoms. The van der Waals surface area contributed by atoms with E-state index in [9.17, 15) is 4.79 Å². The molecule has 2 aliphatic heterocycles. The molecule has 3 N–H and O–H groups in total. The van der Waals surface area contributed by atoms with Gasteiger partial charge in [-0.2, -0.15) is 0 Å². The number of carbonyl (C=O) groups excluding carboxylic acids is 1. The lowest BCUT2D eigenvalue weighted by Crippen LogP contribution is -2.50. The number of hydrogen-bond acceptors (Lipinski definition) is 7. The van der Waals surface area contributed by atoms with Gasteiger partial charge in [0.25, 0.3) is 0 Å². The summed E-state index contributed by atoms with van der Waals surface area (Å²) in [4.78, 5) is 29.8. The molecule has 2 aromatic heterocycles. The molecule has 0 bridgehead atoms. The first kappa shape index (κ1) is 20.5. The Hall–Kier alpha value is -2.07. The van der Waals surface area contributed by atoms with Crippen molar-refractivity contribution in [3.63, 3.8) is 0 Å². The maximum absolute atomic E-state index is 13.1. The number of nitrogens with one attached hydrogen (secondary N) is 3. The van der Waals surface area contributed by atoms with Gasteiger partial charge in [0.1, 0.15) is 5.82 Å². The number of imidazole rings is 1. The van der Waals surface area contributed by atoms with Crippen molar-refractivity contribution < 1.29 is 9.53 Å². The highest BCUT2D eigenvalue weighted by Crippen LogP contribution is 2.64. The van der Waals surface area contributed by atoms with Crippen LogP contribution in [0.4, 0.5) is 5.69 Å². The number of aromatic amines is 1. The summed E-state index contributed by atoms with van der Waals surface area (Å²) >= 11 is 0. The molecule has 3 unspecified atom stereocenters. The van der Waals surface area contributed by atoms with Crippen LogP contribution < -0.4 is 15.8 Å². The monoisotopic (exact) mass is 439 g/mol. The molecule has 172 valence electrons. The van der Waals surface area contributed by atoms with Gasteiger partial charge in [-0.3, -0.25) is 15.1 Å². The van der Waals surface area contributed by atoms with E-state index < -0.39 is 0 Å². The van der Waals surface area contributed by atoms with E-state index in [1.165, 1.54) is 19.3 Å². The van der Waals surface area contributed by atoms with Gasteiger partial charge in [0.2, 0.25) is 5.91 Å². The second-order valence-electron chi connectivity index (χ2n) is 10.4. The first-order chi connectivity index (χ1) is 15.4. The van der Waals surface area contributed by atoms with Gasteiger partial charge in [0.05, 0.1) is 42.7 Å². The minimum atomic E-state index is -0.193. The zero-order valence-corrected chi connectivity index (χ0v) is 19.1. The molecule has 0 aromatic carbocycles. The van der Waals surface area contributed by atoms with Gasteiger partial charge < -0.3 is 14.6 Å². The Morgan fingerprint density at radius 2 is 2.12 bits per heavy atom. The molecule has 0 radical (unpaired) electrons. The topological polar surface area (TPSA) is 98.4 Å². The summed E-state index contributed by atoms with van der Waals surface area (Å²) in [5.74, 6) is 2.40. The Morgan fingerprint density at radius 3 is 2.94 bits per heavy atom. The Bertz CT molecular complexity index is 1030. The van der Waals surface area contributed by atoms with E-state index in [4.69, 9.17) is 9.72 Å². The molecule has 2 aliphatic carbocycles. The molecule has 4 aliphatic rings. The maximum Gasteiger partial charge on any atom is 0.243 e. The molecule has 32 heavy (non-hydrogen) atoms. The molecule has 6 atom stereocenters. The van der Waals surface area contributed by atoms with Crippen LogP contribution in [0.2, 0.25) is 0 Å². The maximum atomic E-state index is 13.1. The van der Waals surface area contributed by atoms with Gasteiger partial charge in [0, 0.05) is 26.2 Å². The van der Waals surface area contributed by atoms with E-state index in [1.807, 2.05) is 20.0 Å². The molecule has 1 amide bonds. The molecule has 2 saturated heterocycles. The summed E-state index contributed by atoms with van der Waals surface area (Å²) in [6.07, 6.45) is 5.60. The molecule has 4 heterocycles. The fourth-order valence-electron chi connectivity index (χ4n) is 6.14. The van der Waals surface area contributed by atoms with Crippen molar-refractivity contribution in [2.45, 2.75) is 51.2 Å². The lowest BCUT2D eigenvalue weighted by Gasteiger charge is -2.33. The molecule has 2 saturated carbocycles. The third kappa shape index (κ3) is 3.34.